The van der Waals surface area contributed by atoms with Crippen LogP contribution in [0.1, 0.15) is 24.3 Å². The van der Waals surface area contributed by atoms with Gasteiger partial charge in [-0.2, -0.15) is 0 Å². The van der Waals surface area contributed by atoms with Gasteiger partial charge >= 0.3 is 5.97 Å². The van der Waals surface area contributed by atoms with Crippen LogP contribution in [-0.2, 0) is 4.79 Å². The Balaban J connectivity index is 2.45. The molecule has 1 aromatic heterocycles. The number of carbonyl (C=O) groups excluding carboxylic acids is 1. The number of nitrogens with zero attached hydrogens (tertiary/aromatic N) is 1. The number of aromatic nitrogens is 1. The highest BCUT2D eigenvalue weighted by Gasteiger charge is 2.28. The molecule has 1 atom stereocenters. The molecule has 0 saturated heterocycles. The van der Waals surface area contributed by atoms with Gasteiger partial charge in [-0.05, 0) is 6.07 Å². The van der Waals surface area contributed by atoms with E-state index in [4.69, 9.17) is 5.11 Å². The van der Waals surface area contributed by atoms with Crippen LogP contribution in [0.2, 0.25) is 0 Å². The van der Waals surface area contributed by atoms with E-state index in [0.717, 1.165) is 4.90 Å². The van der Waals surface area contributed by atoms with Crippen LogP contribution in [0.25, 0.3) is 0 Å². The van der Waals surface area contributed by atoms with Crippen molar-refractivity contribution in [3.63, 3.8) is 0 Å². The molecule has 0 saturated carbocycles. The van der Waals surface area contributed by atoms with E-state index in [1.165, 1.54) is 6.92 Å². The summed E-state index contributed by atoms with van der Waals surface area (Å²) in [6.45, 7) is 4.09. The molecule has 2 heterocycles. The zero-order valence-electron chi connectivity index (χ0n) is 8.98. The van der Waals surface area contributed by atoms with E-state index >= 15 is 0 Å². The molecule has 5 nitrogen and oxygen atoms in total. The van der Waals surface area contributed by atoms with Crippen LogP contribution >= 0.6 is 11.8 Å². The maximum absolute atomic E-state index is 11.4. The summed E-state index contributed by atoms with van der Waals surface area (Å²) in [5.41, 5.74) is 0.123. The Labute approximate surface area is 96.8 Å². The second-order valence-corrected chi connectivity index (χ2v) is 5.24. The number of carbonyl (C=O) groups is 2. The molecular formula is C10H12N2O3S. The minimum absolute atomic E-state index is 0.0767. The molecule has 16 heavy (non-hydrogen) atoms. The first-order valence-corrected chi connectivity index (χ1v) is 5.78. The summed E-state index contributed by atoms with van der Waals surface area (Å²) in [4.78, 5) is 27.4. The molecule has 2 rings (SSSR count). The van der Waals surface area contributed by atoms with Crippen molar-refractivity contribution in [3.8, 4) is 0 Å². The summed E-state index contributed by atoms with van der Waals surface area (Å²) in [6.07, 6.45) is 0. The highest BCUT2D eigenvalue weighted by atomic mass is 32.2. The second kappa shape index (κ2) is 3.86. The zero-order chi connectivity index (χ0) is 11.9. The van der Waals surface area contributed by atoms with Gasteiger partial charge in [-0.25, -0.2) is 4.79 Å². The van der Waals surface area contributed by atoms with E-state index in [2.05, 4.69) is 4.98 Å². The number of nitrogens with one attached hydrogen (secondary N) is 1. The molecule has 1 amide bonds. The van der Waals surface area contributed by atoms with Crippen molar-refractivity contribution in [3.05, 3.63) is 11.8 Å². The Morgan fingerprint density at radius 2 is 2.31 bits per heavy atom. The van der Waals surface area contributed by atoms with Crippen molar-refractivity contribution < 1.29 is 14.7 Å². The van der Waals surface area contributed by atoms with Crippen molar-refractivity contribution in [2.45, 2.75) is 24.0 Å². The molecule has 1 aliphatic rings. The first kappa shape index (κ1) is 11.1. The van der Waals surface area contributed by atoms with Gasteiger partial charge in [0.25, 0.3) is 0 Å². The lowest BCUT2D eigenvalue weighted by atomic mass is 10.3. The molecule has 0 radical (unpaired) electrons. The number of aromatic amines is 1. The molecule has 2 N–H and O–H groups in total. The van der Waals surface area contributed by atoms with Crippen molar-refractivity contribution in [1.82, 2.24) is 4.98 Å². The van der Waals surface area contributed by atoms with Gasteiger partial charge in [-0.3, -0.25) is 9.69 Å². The summed E-state index contributed by atoms with van der Waals surface area (Å²) in [5, 5.41) is 9.15. The first-order valence-electron chi connectivity index (χ1n) is 4.90. The fourth-order valence-corrected chi connectivity index (χ4v) is 2.83. The van der Waals surface area contributed by atoms with E-state index in [1.54, 1.807) is 22.7 Å². The number of aromatic carboxylic acids is 1. The maximum atomic E-state index is 11.4. The molecule has 6 heteroatoms. The third-order valence-corrected chi connectivity index (χ3v) is 3.53. The topological polar surface area (TPSA) is 73.4 Å². The minimum Gasteiger partial charge on any atom is -0.477 e. The predicted molar refractivity (Wildman–Crippen MR) is 61.1 cm³/mol. The molecule has 0 spiro atoms. The van der Waals surface area contributed by atoms with Crippen molar-refractivity contribution in [2.24, 2.45) is 0 Å². The number of hydrogen-bond acceptors (Lipinski definition) is 3. The lowest BCUT2D eigenvalue weighted by molar-refractivity contribution is -0.116. The Kier molecular flexibility index (Phi) is 2.67. The molecule has 0 aliphatic carbocycles. The zero-order valence-corrected chi connectivity index (χ0v) is 9.80. The summed E-state index contributed by atoms with van der Waals surface area (Å²) >= 11 is 1.58. The third kappa shape index (κ3) is 1.80. The number of carboxylic acid groups (broad SMARTS) is 1. The number of anilines is 1. The first-order chi connectivity index (χ1) is 7.49. The van der Waals surface area contributed by atoms with E-state index in [-0.39, 0.29) is 16.9 Å². The second-order valence-electron chi connectivity index (χ2n) is 3.76. The van der Waals surface area contributed by atoms with Gasteiger partial charge in [-0.1, -0.05) is 6.92 Å². The quantitative estimate of drug-likeness (QED) is 0.781. The number of H-pyrrole nitrogens is 1. The average molecular weight is 240 g/mol. The van der Waals surface area contributed by atoms with Gasteiger partial charge in [0.15, 0.2) is 0 Å². The van der Waals surface area contributed by atoms with Gasteiger partial charge in [0.1, 0.15) is 11.5 Å². The highest BCUT2D eigenvalue weighted by molar-refractivity contribution is 8.00. The number of thioether (sulfide) groups is 1. The third-order valence-electron chi connectivity index (χ3n) is 2.41. The van der Waals surface area contributed by atoms with Gasteiger partial charge in [0, 0.05) is 18.7 Å². The van der Waals surface area contributed by atoms with Gasteiger partial charge in [0.05, 0.1) is 4.90 Å². The smallest absolute Gasteiger partial charge is 0.352 e. The molecule has 1 unspecified atom stereocenters. The van der Waals surface area contributed by atoms with Crippen molar-refractivity contribution >= 4 is 29.5 Å². The lowest BCUT2D eigenvalue weighted by Gasteiger charge is -2.29. The van der Waals surface area contributed by atoms with Crippen LogP contribution in [0.15, 0.2) is 11.0 Å². The Morgan fingerprint density at radius 3 is 2.88 bits per heavy atom. The normalized spacial score (nSPS) is 19.4. The van der Waals surface area contributed by atoms with Crippen LogP contribution in [0.4, 0.5) is 5.82 Å². The Hall–Kier alpha value is -1.43. The van der Waals surface area contributed by atoms with Crippen LogP contribution < -0.4 is 4.90 Å². The fourth-order valence-electron chi connectivity index (χ4n) is 1.72. The summed E-state index contributed by atoms with van der Waals surface area (Å²) in [5.74, 6) is -0.480. The molecule has 1 aliphatic heterocycles. The largest absolute Gasteiger partial charge is 0.477 e. The molecule has 1 aromatic rings. The summed E-state index contributed by atoms with van der Waals surface area (Å²) in [7, 11) is 0. The van der Waals surface area contributed by atoms with E-state index in [0.29, 0.717) is 12.4 Å². The van der Waals surface area contributed by atoms with Crippen LogP contribution in [0, 0.1) is 0 Å². The number of fused-ring (bicyclic) bond motifs is 1. The number of hydrogen-bond donors (Lipinski definition) is 2. The molecule has 0 fully saturated rings. The Morgan fingerprint density at radius 1 is 1.62 bits per heavy atom. The van der Waals surface area contributed by atoms with Gasteiger partial charge in [-0.15, -0.1) is 11.8 Å². The monoisotopic (exact) mass is 240 g/mol. The van der Waals surface area contributed by atoms with Crippen LogP contribution in [0.3, 0.4) is 0 Å². The standard InChI is InChI=1S/C10H12N2O3S/c1-5-4-12(6(2)13)9-8(16-5)3-7(11-9)10(14)15/h3,5,11H,4H2,1-2H3,(H,14,15). The molecule has 0 aromatic carbocycles. The van der Waals surface area contributed by atoms with Crippen LogP contribution in [0.5, 0.6) is 0 Å². The van der Waals surface area contributed by atoms with E-state index < -0.39 is 5.97 Å². The van der Waals surface area contributed by atoms with Gasteiger partial charge in [0.2, 0.25) is 5.91 Å². The number of rotatable bonds is 1. The van der Waals surface area contributed by atoms with E-state index in [1.807, 2.05) is 6.92 Å². The number of carboxylic acids is 1. The highest BCUT2D eigenvalue weighted by Crippen LogP contribution is 2.38. The van der Waals surface area contributed by atoms with Crippen molar-refractivity contribution in [2.75, 3.05) is 11.4 Å². The molecular weight excluding hydrogens is 228 g/mol. The van der Waals surface area contributed by atoms with Crippen molar-refractivity contribution in [1.29, 1.82) is 0 Å². The molecule has 86 valence electrons. The molecule has 0 bridgehead atoms. The Bertz CT molecular complexity index is 455. The average Bonchev–Trinajstić information content (AvgIpc) is 2.59. The van der Waals surface area contributed by atoms with E-state index in [9.17, 15) is 9.59 Å². The minimum atomic E-state index is -1.01. The van der Waals surface area contributed by atoms with Crippen LogP contribution in [-0.4, -0.2) is 33.8 Å². The fraction of sp³-hybridized carbons (Fsp3) is 0.400. The summed E-state index contributed by atoms with van der Waals surface area (Å²) in [6, 6.07) is 1.58. The maximum Gasteiger partial charge on any atom is 0.352 e. The van der Waals surface area contributed by atoms with Gasteiger partial charge < -0.3 is 10.1 Å². The summed E-state index contributed by atoms with van der Waals surface area (Å²) < 4.78 is 0. The lowest BCUT2D eigenvalue weighted by Crippen LogP contribution is -2.37. The number of amides is 1. The SMILES string of the molecule is CC(=O)N1CC(C)Sc2cc(C(=O)O)[nH]c21. The predicted octanol–water partition coefficient (Wildman–Crippen LogP) is 1.56.